The Morgan fingerprint density at radius 1 is 0.972 bits per heavy atom. The molecule has 2 aromatic heterocycles. The highest BCUT2D eigenvalue weighted by Crippen LogP contribution is 2.40. The van der Waals surface area contributed by atoms with E-state index in [-0.39, 0.29) is 11.9 Å². The van der Waals surface area contributed by atoms with E-state index < -0.39 is 0 Å². The Morgan fingerprint density at radius 3 is 2.28 bits per heavy atom. The summed E-state index contributed by atoms with van der Waals surface area (Å²) in [4.78, 5) is 6.52. The number of thiophene rings is 1. The maximum atomic E-state index is 14.6. The molecule has 6 heteroatoms. The molecular weight excluding hydrogens is 467 g/mol. The van der Waals surface area contributed by atoms with Gasteiger partial charge in [-0.05, 0) is 69.4 Å². The molecule has 4 nitrogen and oxygen atoms in total. The maximum absolute atomic E-state index is 14.6. The topological polar surface area (TPSA) is 43.1 Å². The molecule has 0 N–H and O–H groups in total. The van der Waals surface area contributed by atoms with Gasteiger partial charge < -0.3 is 0 Å². The van der Waals surface area contributed by atoms with Gasteiger partial charge in [-0.1, -0.05) is 48.6 Å². The lowest BCUT2D eigenvalue weighted by molar-refractivity contribution is 0.624. The number of hydrogen-bond acceptors (Lipinski definition) is 4. The summed E-state index contributed by atoms with van der Waals surface area (Å²) in [6, 6.07) is 13.3. The van der Waals surface area contributed by atoms with Crippen LogP contribution >= 0.6 is 11.3 Å². The van der Waals surface area contributed by atoms with Crippen molar-refractivity contribution in [1.29, 1.82) is 0 Å². The molecule has 1 unspecified atom stereocenters. The lowest BCUT2D eigenvalue weighted by atomic mass is 9.96. The molecule has 0 radical (unpaired) electrons. The molecule has 2 aromatic carbocycles. The monoisotopic (exact) mass is 496 g/mol. The van der Waals surface area contributed by atoms with Crippen molar-refractivity contribution in [1.82, 2.24) is 14.8 Å². The molecular formula is C30H29FN4S. The van der Waals surface area contributed by atoms with Gasteiger partial charge >= 0.3 is 0 Å². The molecule has 1 aliphatic heterocycles. The van der Waals surface area contributed by atoms with Gasteiger partial charge in [-0.2, -0.15) is 0 Å². The van der Waals surface area contributed by atoms with E-state index in [1.54, 1.807) is 23.5 Å². The fourth-order valence-corrected chi connectivity index (χ4v) is 5.93. The number of aromatic nitrogens is 3. The number of rotatable bonds is 5. The molecule has 0 bridgehead atoms. The maximum Gasteiger partial charge on any atom is 0.163 e. The number of halogens is 1. The van der Waals surface area contributed by atoms with Gasteiger partial charge in [0, 0.05) is 21.6 Å². The number of fused-ring (bicyclic) bond motifs is 3. The minimum absolute atomic E-state index is 0.179. The van der Waals surface area contributed by atoms with E-state index in [0.717, 1.165) is 50.2 Å². The first-order valence-electron chi connectivity index (χ1n) is 12.0. The quantitative estimate of drug-likeness (QED) is 0.263. The average molecular weight is 497 g/mol. The Kier molecular flexibility index (Phi) is 6.08. The van der Waals surface area contributed by atoms with Crippen molar-refractivity contribution in [3.05, 3.63) is 106 Å². The Labute approximate surface area is 215 Å². The van der Waals surface area contributed by atoms with Gasteiger partial charge in [-0.3, -0.25) is 9.56 Å². The Morgan fingerprint density at radius 2 is 1.64 bits per heavy atom. The number of aryl methyl sites for hydroxylation is 2. The Bertz CT molecular complexity index is 1550. The highest BCUT2D eigenvalue weighted by Gasteiger charge is 2.31. The Hall–Kier alpha value is -3.64. The molecule has 1 atom stereocenters. The summed E-state index contributed by atoms with van der Waals surface area (Å²) in [6.07, 6.45) is 0.695. The SMILES string of the molecule is C=C(C)CC1N=C(c2ccc(-c3ccc(C(=C)C)c(F)c3)cc2)c2c(sc(C)c2C)-n2c(C)nnc21. The fraction of sp³-hybridized carbons (Fsp3) is 0.233. The second-order valence-electron chi connectivity index (χ2n) is 9.61. The van der Waals surface area contributed by atoms with Crippen LogP contribution in [0.2, 0.25) is 0 Å². The summed E-state index contributed by atoms with van der Waals surface area (Å²) in [7, 11) is 0. The molecule has 182 valence electrons. The molecule has 1 aliphatic rings. The van der Waals surface area contributed by atoms with Crippen LogP contribution in [0.3, 0.4) is 0 Å². The van der Waals surface area contributed by atoms with E-state index in [4.69, 9.17) is 4.99 Å². The predicted molar refractivity (Wildman–Crippen MR) is 148 cm³/mol. The van der Waals surface area contributed by atoms with Gasteiger partial charge in [0.15, 0.2) is 5.82 Å². The number of benzene rings is 2. The molecule has 36 heavy (non-hydrogen) atoms. The van der Waals surface area contributed by atoms with Crippen LogP contribution in [0.15, 0.2) is 66.2 Å². The molecule has 4 aromatic rings. The second-order valence-corrected chi connectivity index (χ2v) is 10.8. The summed E-state index contributed by atoms with van der Waals surface area (Å²) in [5.41, 5.74) is 8.38. The van der Waals surface area contributed by atoms with Crippen molar-refractivity contribution < 1.29 is 4.39 Å². The smallest absolute Gasteiger partial charge is 0.163 e. The standard InChI is InChI=1S/C30H29FN4S/c1-16(2)14-26-29-34-33-20(7)35(29)30-27(18(5)19(6)36-30)28(32-26)22-10-8-21(9-11-22)23-12-13-24(17(3)4)25(31)15-23/h8-13,15,26H,1,3,14H2,2,4-7H3. The summed E-state index contributed by atoms with van der Waals surface area (Å²) in [6.45, 7) is 18.1. The minimum Gasteiger partial charge on any atom is -0.272 e. The minimum atomic E-state index is -0.257. The van der Waals surface area contributed by atoms with E-state index in [1.165, 1.54) is 10.4 Å². The lowest BCUT2D eigenvalue weighted by Crippen LogP contribution is -2.07. The highest BCUT2D eigenvalue weighted by atomic mass is 32.1. The highest BCUT2D eigenvalue weighted by molar-refractivity contribution is 7.15. The number of aliphatic imine (C=N–C) groups is 1. The van der Waals surface area contributed by atoms with E-state index in [2.05, 4.69) is 53.9 Å². The fourth-order valence-electron chi connectivity index (χ4n) is 4.72. The molecule has 0 amide bonds. The van der Waals surface area contributed by atoms with Crippen molar-refractivity contribution in [3.8, 4) is 16.1 Å². The zero-order valence-electron chi connectivity index (χ0n) is 21.3. The molecule has 0 saturated carbocycles. The van der Waals surface area contributed by atoms with Crippen LogP contribution in [0.5, 0.6) is 0 Å². The zero-order valence-corrected chi connectivity index (χ0v) is 22.1. The first-order valence-corrected chi connectivity index (χ1v) is 12.8. The largest absolute Gasteiger partial charge is 0.272 e. The molecule has 0 spiro atoms. The average Bonchev–Trinajstić information content (AvgIpc) is 3.31. The van der Waals surface area contributed by atoms with Gasteiger partial charge in [-0.15, -0.1) is 28.1 Å². The summed E-state index contributed by atoms with van der Waals surface area (Å²) >= 11 is 1.75. The molecule has 0 fully saturated rings. The zero-order chi connectivity index (χ0) is 25.7. The molecule has 3 heterocycles. The van der Waals surface area contributed by atoms with Crippen LogP contribution in [0, 0.1) is 26.6 Å². The molecule has 0 aliphatic carbocycles. The second kappa shape index (κ2) is 9.10. The first kappa shape index (κ1) is 24.1. The van der Waals surface area contributed by atoms with Crippen LogP contribution in [-0.2, 0) is 0 Å². The van der Waals surface area contributed by atoms with Gasteiger partial charge in [0.05, 0.1) is 5.71 Å². The third-order valence-corrected chi connectivity index (χ3v) is 7.89. The number of hydrogen-bond donors (Lipinski definition) is 0. The lowest BCUT2D eigenvalue weighted by Gasteiger charge is -2.13. The normalized spacial score (nSPS) is 14.6. The van der Waals surface area contributed by atoms with Crippen molar-refractivity contribution in [2.75, 3.05) is 0 Å². The van der Waals surface area contributed by atoms with E-state index in [0.29, 0.717) is 17.6 Å². The van der Waals surface area contributed by atoms with Crippen LogP contribution in [0.4, 0.5) is 4.39 Å². The van der Waals surface area contributed by atoms with Crippen molar-refractivity contribution in [3.63, 3.8) is 0 Å². The number of allylic oxidation sites excluding steroid dienone is 1. The molecule has 0 saturated heterocycles. The summed E-state index contributed by atoms with van der Waals surface area (Å²) in [5, 5.41) is 10.0. The van der Waals surface area contributed by atoms with Crippen molar-refractivity contribution in [2.24, 2.45) is 4.99 Å². The predicted octanol–water partition coefficient (Wildman–Crippen LogP) is 7.95. The third kappa shape index (κ3) is 4.05. The van der Waals surface area contributed by atoms with Gasteiger partial charge in [0.1, 0.15) is 22.7 Å². The van der Waals surface area contributed by atoms with Crippen LogP contribution < -0.4 is 0 Å². The van der Waals surface area contributed by atoms with Gasteiger partial charge in [0.2, 0.25) is 0 Å². The van der Waals surface area contributed by atoms with Crippen molar-refractivity contribution >= 4 is 22.6 Å². The number of nitrogens with zero attached hydrogens (tertiary/aromatic N) is 4. The molecule has 5 rings (SSSR count). The van der Waals surface area contributed by atoms with Crippen LogP contribution in [-0.4, -0.2) is 20.5 Å². The first-order chi connectivity index (χ1) is 17.2. The van der Waals surface area contributed by atoms with Crippen LogP contribution in [0.1, 0.15) is 65.1 Å². The third-order valence-electron chi connectivity index (χ3n) is 6.70. The van der Waals surface area contributed by atoms with E-state index in [1.807, 2.05) is 39.0 Å². The summed E-state index contributed by atoms with van der Waals surface area (Å²) < 4.78 is 16.8. The van der Waals surface area contributed by atoms with Crippen LogP contribution in [0.25, 0.3) is 21.7 Å². The van der Waals surface area contributed by atoms with Crippen molar-refractivity contribution in [2.45, 2.75) is 47.1 Å². The van der Waals surface area contributed by atoms with E-state index in [9.17, 15) is 4.39 Å². The van der Waals surface area contributed by atoms with E-state index >= 15 is 0 Å². The van der Waals surface area contributed by atoms with Gasteiger partial charge in [0.25, 0.3) is 0 Å². The van der Waals surface area contributed by atoms with Gasteiger partial charge in [-0.25, -0.2) is 4.39 Å². The Balaban J connectivity index is 1.64. The summed E-state index contributed by atoms with van der Waals surface area (Å²) in [5.74, 6) is 1.44.